The maximum atomic E-state index is 11.9. The highest BCUT2D eigenvalue weighted by molar-refractivity contribution is 5.84. The lowest BCUT2D eigenvalue weighted by molar-refractivity contribution is -0.200. The van der Waals surface area contributed by atoms with Gasteiger partial charge in [0, 0.05) is 74.4 Å². The molecule has 12 aliphatic rings. The zero-order valence-corrected chi connectivity index (χ0v) is 74.8. The van der Waals surface area contributed by atoms with E-state index in [1.807, 2.05) is 73.7 Å². The Morgan fingerprint density at radius 1 is 0.394 bits per heavy atom. The van der Waals surface area contributed by atoms with E-state index in [4.69, 9.17) is 94.0 Å². The van der Waals surface area contributed by atoms with E-state index in [0.29, 0.717) is 118 Å². The number of imidazole rings is 4. The summed E-state index contributed by atoms with van der Waals surface area (Å²) in [6.45, 7) is 30.9. The van der Waals surface area contributed by atoms with Crippen molar-refractivity contribution in [3.63, 3.8) is 0 Å². The van der Waals surface area contributed by atoms with Crippen LogP contribution < -0.4 is 28.3 Å². The van der Waals surface area contributed by atoms with Gasteiger partial charge in [-0.2, -0.15) is 0 Å². The molecule has 0 aromatic carbocycles. The third-order valence-electron chi connectivity index (χ3n) is 26.6. The Labute approximate surface area is 733 Å². The summed E-state index contributed by atoms with van der Waals surface area (Å²) in [5.74, 6) is -1.89. The van der Waals surface area contributed by atoms with Gasteiger partial charge in [-0.1, -0.05) is 0 Å². The van der Waals surface area contributed by atoms with E-state index in [0.717, 1.165) is 57.7 Å². The predicted molar refractivity (Wildman–Crippen MR) is 452 cm³/mol. The largest absolute Gasteiger partial charge is 0.469 e. The van der Waals surface area contributed by atoms with Crippen molar-refractivity contribution < 1.29 is 90.2 Å². The molecular weight excluding hydrogens is 1650 g/mol. The van der Waals surface area contributed by atoms with Crippen molar-refractivity contribution in [2.45, 2.75) is 312 Å². The number of fused-ring (bicyclic) bond motifs is 8. The summed E-state index contributed by atoms with van der Waals surface area (Å²) >= 11 is 0. The topological polar surface area (TPSA) is 507 Å². The standard InChI is InChI=1S/2C22H32N6O5.C21H30N6O4.C19H26N6O5/c2*1-11(2)27(13-6-12(7-13)21(29)30-5)8-14-16-17(33-22(3,4)32-16)20(31-14)28-10-26-15-18(23)24-9-25-19(15)28;1-11(2)26(13-5-12(6-13)8-28)7-14-16-17(31-21(3,4)30-16)20(29-14)27-10-25-15-18(22)23-9-24-19(15)27;1-19(2)29-13-11(6-21-10-4-9(5-10)18(26)27-3)28-17(14(13)30-19)25-8-24-12-15(20)22-7-23-16(12)25/h2*9-14,16-17,20H,6-8H2,1-5H3,(H2,23,24,25);8-14,16-17,20H,5-7H2,1-4H3,(H2,22,23,24);7-11,13-14,17,21H,4-6H2,1-3H3,(H2,20,22,23)/t3*12?,13?,14-,16-,17-,20-;9?,10?,11-,13-,14-,17-/m1111/s1. The monoisotopic (exact) mass is 1770 g/mol. The number of rotatable bonds is 23. The first-order valence-electron chi connectivity index (χ1n) is 44.0. The van der Waals surface area contributed by atoms with Gasteiger partial charge in [-0.3, -0.25) is 47.4 Å². The number of nitrogen functional groups attached to an aromatic ring is 4. The zero-order chi connectivity index (χ0) is 89.9. The Morgan fingerprint density at radius 2 is 0.646 bits per heavy atom. The molecule has 16 atom stereocenters. The fraction of sp³-hybridized carbons (Fsp3) is 0.714. The molecule has 0 spiro atoms. The number of nitrogens with two attached hydrogens (primary N) is 4. The summed E-state index contributed by atoms with van der Waals surface area (Å²) in [6.07, 6.45) is 15.0. The predicted octanol–water partition coefficient (Wildman–Crippen LogP) is 4.86. The van der Waals surface area contributed by atoms with Crippen molar-refractivity contribution >= 4 is 92.1 Å². The number of aldehydes is 1. The maximum Gasteiger partial charge on any atom is 0.308 e. The van der Waals surface area contributed by atoms with Crippen molar-refractivity contribution in [3.8, 4) is 0 Å². The molecular formula is C84H120N24O19. The third kappa shape index (κ3) is 17.6. The Bertz CT molecular complexity index is 5110. The molecule has 8 aromatic rings. The molecule has 0 unspecified atom stereocenters. The molecule has 0 amide bonds. The number of hydrogen-bond donors (Lipinski definition) is 5. The second-order valence-electron chi connectivity index (χ2n) is 37.7. The number of aromatic nitrogens is 16. The number of ether oxygens (including phenoxy) is 15. The molecule has 4 aliphatic carbocycles. The van der Waals surface area contributed by atoms with Gasteiger partial charge in [-0.05, 0) is 148 Å². The molecule has 4 saturated carbocycles. The van der Waals surface area contributed by atoms with Crippen molar-refractivity contribution in [1.29, 1.82) is 0 Å². The highest BCUT2D eigenvalue weighted by Gasteiger charge is 2.62. The van der Waals surface area contributed by atoms with E-state index in [1.54, 1.807) is 25.3 Å². The van der Waals surface area contributed by atoms with Gasteiger partial charge in [-0.25, -0.2) is 59.8 Å². The second kappa shape index (κ2) is 35.3. The molecule has 8 saturated heterocycles. The third-order valence-corrected chi connectivity index (χ3v) is 26.6. The Hall–Kier alpha value is -9.16. The van der Waals surface area contributed by atoms with Crippen molar-refractivity contribution in [1.82, 2.24) is 98.1 Å². The van der Waals surface area contributed by atoms with Crippen molar-refractivity contribution in [2.75, 3.05) is 70.4 Å². The minimum Gasteiger partial charge on any atom is -0.469 e. The molecule has 690 valence electrons. The van der Waals surface area contributed by atoms with E-state index in [2.05, 4.69) is 121 Å². The van der Waals surface area contributed by atoms with Gasteiger partial charge in [0.2, 0.25) is 0 Å². The number of carbonyl (C=O) groups excluding carboxylic acids is 4. The Kier molecular flexibility index (Phi) is 24.9. The Balaban J connectivity index is 0.000000119. The lowest BCUT2D eigenvalue weighted by atomic mass is 9.78. The van der Waals surface area contributed by atoms with Crippen molar-refractivity contribution in [2.24, 2.45) is 23.7 Å². The van der Waals surface area contributed by atoms with Gasteiger partial charge in [0.1, 0.15) is 127 Å². The fourth-order valence-electron chi connectivity index (χ4n) is 20.2. The second-order valence-corrected chi connectivity index (χ2v) is 37.7. The first-order valence-corrected chi connectivity index (χ1v) is 44.0. The quantitative estimate of drug-likeness (QED) is 0.0324. The number of carbonyl (C=O) groups is 4. The minimum atomic E-state index is -0.727. The van der Waals surface area contributed by atoms with Crippen LogP contribution in [-0.2, 0) is 90.2 Å². The number of hydrogen-bond acceptors (Lipinski definition) is 39. The smallest absolute Gasteiger partial charge is 0.308 e. The fourth-order valence-corrected chi connectivity index (χ4v) is 20.2. The van der Waals surface area contributed by atoms with Crippen LogP contribution in [0.2, 0.25) is 0 Å². The molecule has 127 heavy (non-hydrogen) atoms. The van der Waals surface area contributed by atoms with E-state index >= 15 is 0 Å². The summed E-state index contributed by atoms with van der Waals surface area (Å²) < 4.78 is 98.0. The summed E-state index contributed by atoms with van der Waals surface area (Å²) in [6, 6.07) is 2.13. The van der Waals surface area contributed by atoms with Crippen LogP contribution in [0.1, 0.15) is 173 Å². The molecule has 8 aromatic heterocycles. The number of nitrogens with one attached hydrogen (secondary N) is 1. The van der Waals surface area contributed by atoms with E-state index in [-0.39, 0.29) is 133 Å². The average molecular weight is 1770 g/mol. The van der Waals surface area contributed by atoms with Crippen LogP contribution in [0, 0.1) is 23.7 Å². The highest BCUT2D eigenvalue weighted by Crippen LogP contribution is 2.51. The molecule has 0 bridgehead atoms. The molecule has 43 heteroatoms. The summed E-state index contributed by atoms with van der Waals surface area (Å²) in [5.41, 5.74) is 28.4. The summed E-state index contributed by atoms with van der Waals surface area (Å²) in [5, 5.41) is 3.48. The molecule has 9 N–H and O–H groups in total. The molecule has 12 fully saturated rings. The first-order chi connectivity index (χ1) is 60.5. The molecule has 16 heterocycles. The first kappa shape index (κ1) is 89.8. The van der Waals surface area contributed by atoms with Gasteiger partial charge in [0.25, 0.3) is 0 Å². The van der Waals surface area contributed by atoms with Crippen molar-refractivity contribution in [3.05, 3.63) is 50.6 Å². The van der Waals surface area contributed by atoms with Gasteiger partial charge >= 0.3 is 17.9 Å². The van der Waals surface area contributed by atoms with Gasteiger partial charge in [0.05, 0.1) is 64.4 Å². The van der Waals surface area contributed by atoms with Crippen LogP contribution in [0.25, 0.3) is 44.7 Å². The van der Waals surface area contributed by atoms with Gasteiger partial charge in [-0.15, -0.1) is 0 Å². The zero-order valence-electron chi connectivity index (χ0n) is 74.8. The lowest BCUT2D eigenvalue weighted by Crippen LogP contribution is -2.53. The number of anilines is 4. The van der Waals surface area contributed by atoms with Crippen LogP contribution in [0.4, 0.5) is 23.3 Å². The maximum absolute atomic E-state index is 11.9. The van der Waals surface area contributed by atoms with Crippen LogP contribution >= 0.6 is 0 Å². The number of methoxy groups -OCH3 is 3. The highest BCUT2D eigenvalue weighted by atomic mass is 16.8. The lowest BCUT2D eigenvalue weighted by Gasteiger charge is -2.45. The average Bonchev–Trinajstić information content (AvgIpc) is 1.60. The Morgan fingerprint density at radius 3 is 0.913 bits per heavy atom. The van der Waals surface area contributed by atoms with E-state index < -0.39 is 48.1 Å². The minimum absolute atomic E-state index is 0.0232. The summed E-state index contributed by atoms with van der Waals surface area (Å²) in [4.78, 5) is 105. The molecule has 8 aliphatic heterocycles. The van der Waals surface area contributed by atoms with Crippen LogP contribution in [-0.4, -0.2) is 303 Å². The number of nitrogens with zero attached hydrogens (tertiary/aromatic N) is 19. The summed E-state index contributed by atoms with van der Waals surface area (Å²) in [7, 11) is 4.31. The normalized spacial score (nSPS) is 33.7. The molecule has 0 radical (unpaired) electrons. The molecule has 43 nitrogen and oxygen atoms in total. The van der Waals surface area contributed by atoms with Crippen LogP contribution in [0.15, 0.2) is 50.6 Å². The van der Waals surface area contributed by atoms with Crippen LogP contribution in [0.3, 0.4) is 0 Å². The number of esters is 3. The van der Waals surface area contributed by atoms with Gasteiger partial charge in [0.15, 0.2) is 93.9 Å². The SMILES string of the molecule is CC(C)N(C[C@H]1O[C@@H](n2cnc3c(N)ncnc32)[C@@H]2OC(C)(C)O[C@@H]21)C1CC(C=O)C1.COC(=O)C1CC(N(C[C@H]2O[C@@H](n3cnc4c(N)ncnc43)[C@@H]3OC(C)(C)O[C@@H]32)C(C)C)C1.COC(=O)C1CC(N(C[C@H]2O[C@@H](n3cnc4c(N)ncnc43)[C@@H]3OC(C)(C)O[C@@H]32)C(C)C)C1.COC(=O)C1CC(NC[C@H]2O[C@@H](n3cnc4c(N)ncnc43)[C@@H]3OC(C)(C)O[C@@H]32)C1. The van der Waals surface area contributed by atoms with Crippen LogP contribution in [0.5, 0.6) is 0 Å². The molecule has 20 rings (SSSR count). The van der Waals surface area contributed by atoms with E-state index in [9.17, 15) is 19.2 Å². The van der Waals surface area contributed by atoms with E-state index in [1.165, 1.54) is 46.6 Å². The van der Waals surface area contributed by atoms with Gasteiger partial charge < -0.3 is 104 Å².